The third-order valence-corrected chi connectivity index (χ3v) is 4.45. The molecular weight excluding hydrogens is 308 g/mol. The number of hydrogen-bond donors (Lipinski definition) is 2. The lowest BCUT2D eigenvalue weighted by Gasteiger charge is -2.38. The Labute approximate surface area is 140 Å². The molecule has 2 aromatic heterocycles. The molecule has 2 heterocycles. The van der Waals surface area contributed by atoms with E-state index in [4.69, 9.17) is 0 Å². The van der Waals surface area contributed by atoms with Crippen LogP contribution in [0.15, 0.2) is 30.9 Å². The second kappa shape index (κ2) is 7.96. The van der Waals surface area contributed by atoms with E-state index in [1.807, 2.05) is 12.1 Å². The Bertz CT molecular complexity index is 627. The van der Waals surface area contributed by atoms with Gasteiger partial charge in [0.2, 0.25) is 5.91 Å². The van der Waals surface area contributed by atoms with Crippen LogP contribution in [0.25, 0.3) is 0 Å². The van der Waals surface area contributed by atoms with Gasteiger partial charge in [0.1, 0.15) is 6.33 Å². The highest BCUT2D eigenvalue weighted by Gasteiger charge is 2.34. The predicted molar refractivity (Wildman–Crippen MR) is 85.7 cm³/mol. The van der Waals surface area contributed by atoms with Crippen molar-refractivity contribution < 1.29 is 9.90 Å². The van der Waals surface area contributed by atoms with E-state index in [2.05, 4.69) is 25.8 Å². The van der Waals surface area contributed by atoms with Crippen LogP contribution in [-0.2, 0) is 17.8 Å². The molecule has 8 heteroatoms. The molecule has 0 spiro atoms. The molecule has 1 fully saturated rings. The van der Waals surface area contributed by atoms with Crippen LogP contribution in [-0.4, -0.2) is 48.4 Å². The summed E-state index contributed by atoms with van der Waals surface area (Å²) in [5, 5.41) is 23.6. The van der Waals surface area contributed by atoms with E-state index < -0.39 is 0 Å². The van der Waals surface area contributed by atoms with Crippen molar-refractivity contribution in [3.8, 4) is 0 Å². The molecule has 1 amide bonds. The van der Waals surface area contributed by atoms with Gasteiger partial charge in [-0.1, -0.05) is 0 Å². The third kappa shape index (κ3) is 4.58. The first-order chi connectivity index (χ1) is 11.7. The highest BCUT2D eigenvalue weighted by molar-refractivity contribution is 5.76. The van der Waals surface area contributed by atoms with Gasteiger partial charge in [-0.05, 0) is 59.7 Å². The summed E-state index contributed by atoms with van der Waals surface area (Å²) in [4.78, 5) is 16.3. The SMILES string of the molecule is O=C(CCCn1cnnn1)N[C@H](Cc1ccncc1)C1CC(O)C1. The van der Waals surface area contributed by atoms with Gasteiger partial charge >= 0.3 is 0 Å². The number of amides is 1. The number of carbonyl (C=O) groups excluding carboxylic acids is 1. The summed E-state index contributed by atoms with van der Waals surface area (Å²) in [6.07, 6.45) is 8.21. The van der Waals surface area contributed by atoms with Crippen LogP contribution < -0.4 is 5.32 Å². The largest absolute Gasteiger partial charge is 0.393 e. The smallest absolute Gasteiger partial charge is 0.220 e. The first kappa shape index (κ1) is 16.5. The Morgan fingerprint density at radius 1 is 1.38 bits per heavy atom. The molecule has 2 aromatic rings. The minimum atomic E-state index is -0.230. The molecule has 2 N–H and O–H groups in total. The van der Waals surface area contributed by atoms with Crippen molar-refractivity contribution in [3.63, 3.8) is 0 Å². The van der Waals surface area contributed by atoms with Gasteiger partial charge in [-0.15, -0.1) is 5.10 Å². The van der Waals surface area contributed by atoms with E-state index in [1.165, 1.54) is 0 Å². The molecule has 24 heavy (non-hydrogen) atoms. The normalized spacial score (nSPS) is 21.0. The molecular formula is C16H22N6O2. The Morgan fingerprint density at radius 2 is 2.17 bits per heavy atom. The number of aryl methyl sites for hydroxylation is 1. The maximum atomic E-state index is 12.3. The lowest BCUT2D eigenvalue weighted by atomic mass is 9.75. The average Bonchev–Trinajstić information content (AvgIpc) is 3.06. The van der Waals surface area contributed by atoms with Crippen LogP contribution in [0, 0.1) is 5.92 Å². The highest BCUT2D eigenvalue weighted by atomic mass is 16.3. The second-order valence-electron chi connectivity index (χ2n) is 6.30. The van der Waals surface area contributed by atoms with Crippen molar-refractivity contribution in [2.75, 3.05) is 0 Å². The molecule has 0 bridgehead atoms. The van der Waals surface area contributed by atoms with Crippen LogP contribution in [0.5, 0.6) is 0 Å². The zero-order valence-electron chi connectivity index (χ0n) is 13.5. The molecule has 1 atom stereocenters. The Kier molecular flexibility index (Phi) is 5.47. The molecule has 1 aliphatic carbocycles. The van der Waals surface area contributed by atoms with Crippen molar-refractivity contribution in [2.24, 2.45) is 5.92 Å². The Hall–Kier alpha value is -2.35. The summed E-state index contributed by atoms with van der Waals surface area (Å²) in [6.45, 7) is 0.623. The highest BCUT2D eigenvalue weighted by Crippen LogP contribution is 2.31. The summed E-state index contributed by atoms with van der Waals surface area (Å²) >= 11 is 0. The van der Waals surface area contributed by atoms with Crippen LogP contribution in [0.2, 0.25) is 0 Å². The first-order valence-electron chi connectivity index (χ1n) is 8.28. The van der Waals surface area contributed by atoms with Gasteiger partial charge in [-0.2, -0.15) is 0 Å². The number of pyridine rings is 1. The number of rotatable bonds is 8. The van der Waals surface area contributed by atoms with E-state index in [0.717, 1.165) is 24.8 Å². The van der Waals surface area contributed by atoms with E-state index >= 15 is 0 Å². The fourth-order valence-corrected chi connectivity index (χ4v) is 3.03. The average molecular weight is 330 g/mol. The van der Waals surface area contributed by atoms with Crippen molar-refractivity contribution in [2.45, 2.75) is 50.8 Å². The number of aliphatic hydroxyl groups is 1. The topological polar surface area (TPSA) is 106 Å². The lowest BCUT2D eigenvalue weighted by Crippen LogP contribution is -2.48. The fraction of sp³-hybridized carbons (Fsp3) is 0.562. The maximum absolute atomic E-state index is 12.3. The zero-order chi connectivity index (χ0) is 16.8. The van der Waals surface area contributed by atoms with Gasteiger partial charge < -0.3 is 10.4 Å². The van der Waals surface area contributed by atoms with Crippen LogP contribution in [0.4, 0.5) is 0 Å². The predicted octanol–water partition coefficient (Wildman–Crippen LogP) is 0.347. The number of hydrogen-bond acceptors (Lipinski definition) is 6. The quantitative estimate of drug-likeness (QED) is 0.723. The van der Waals surface area contributed by atoms with Gasteiger partial charge in [0.25, 0.3) is 0 Å². The molecule has 0 radical (unpaired) electrons. The minimum absolute atomic E-state index is 0.0310. The van der Waals surface area contributed by atoms with Crippen molar-refractivity contribution in [3.05, 3.63) is 36.4 Å². The Morgan fingerprint density at radius 3 is 2.83 bits per heavy atom. The van der Waals surface area contributed by atoms with Gasteiger partial charge in [0, 0.05) is 31.4 Å². The van der Waals surface area contributed by atoms with Gasteiger partial charge in [-0.3, -0.25) is 9.78 Å². The summed E-state index contributed by atoms with van der Waals surface area (Å²) in [5.74, 6) is 0.361. The van der Waals surface area contributed by atoms with Crippen LogP contribution in [0.1, 0.15) is 31.2 Å². The van der Waals surface area contributed by atoms with E-state index in [0.29, 0.717) is 25.3 Å². The molecule has 1 saturated carbocycles. The van der Waals surface area contributed by atoms with E-state index in [9.17, 15) is 9.90 Å². The van der Waals surface area contributed by atoms with Crippen LogP contribution >= 0.6 is 0 Å². The third-order valence-electron chi connectivity index (χ3n) is 4.45. The lowest BCUT2D eigenvalue weighted by molar-refractivity contribution is -0.123. The molecule has 0 aromatic carbocycles. The Balaban J connectivity index is 1.50. The van der Waals surface area contributed by atoms with Gasteiger partial charge in [0.15, 0.2) is 0 Å². The number of tetrazole rings is 1. The monoisotopic (exact) mass is 330 g/mol. The number of aliphatic hydroxyl groups excluding tert-OH is 1. The molecule has 0 unspecified atom stereocenters. The first-order valence-corrected chi connectivity index (χ1v) is 8.28. The van der Waals surface area contributed by atoms with E-state index in [1.54, 1.807) is 23.4 Å². The summed E-state index contributed by atoms with van der Waals surface area (Å²) < 4.78 is 1.62. The fourth-order valence-electron chi connectivity index (χ4n) is 3.03. The van der Waals surface area contributed by atoms with Gasteiger partial charge in [0.05, 0.1) is 6.10 Å². The van der Waals surface area contributed by atoms with Crippen molar-refractivity contribution >= 4 is 5.91 Å². The maximum Gasteiger partial charge on any atom is 0.220 e. The minimum Gasteiger partial charge on any atom is -0.393 e. The summed E-state index contributed by atoms with van der Waals surface area (Å²) in [6, 6.07) is 3.98. The molecule has 0 saturated heterocycles. The number of nitrogens with one attached hydrogen (secondary N) is 1. The standard InChI is InChI=1S/C16H22N6O2/c23-14-9-13(10-14)15(8-12-3-5-17-6-4-12)19-16(24)2-1-7-22-11-18-20-21-22/h3-6,11,13-15,23H,1-2,7-10H2,(H,19,24)/t13?,14?,15-/m1/s1. The van der Waals surface area contributed by atoms with Crippen molar-refractivity contribution in [1.82, 2.24) is 30.5 Å². The van der Waals surface area contributed by atoms with Gasteiger partial charge in [-0.25, -0.2) is 4.68 Å². The van der Waals surface area contributed by atoms with Crippen molar-refractivity contribution in [1.29, 1.82) is 0 Å². The molecule has 3 rings (SSSR count). The summed E-state index contributed by atoms with van der Waals surface area (Å²) in [5.41, 5.74) is 1.14. The second-order valence-corrected chi connectivity index (χ2v) is 6.30. The van der Waals surface area contributed by atoms with Crippen LogP contribution in [0.3, 0.4) is 0 Å². The molecule has 8 nitrogen and oxygen atoms in total. The number of aromatic nitrogens is 5. The van der Waals surface area contributed by atoms with E-state index in [-0.39, 0.29) is 18.1 Å². The number of nitrogens with zero attached hydrogens (tertiary/aromatic N) is 5. The number of carbonyl (C=O) groups is 1. The molecule has 1 aliphatic rings. The molecule has 0 aliphatic heterocycles. The summed E-state index contributed by atoms with van der Waals surface area (Å²) in [7, 11) is 0. The zero-order valence-corrected chi connectivity index (χ0v) is 13.5. The molecule has 128 valence electrons.